The molecule has 1 aliphatic rings. The van der Waals surface area contributed by atoms with E-state index in [-0.39, 0.29) is 5.82 Å². The number of nitrogens with two attached hydrogens (primary N) is 1. The lowest BCUT2D eigenvalue weighted by Crippen LogP contribution is -2.29. The second-order valence-electron chi connectivity index (χ2n) is 10.6. The van der Waals surface area contributed by atoms with Gasteiger partial charge in [0.2, 0.25) is 5.95 Å². The minimum Gasteiger partial charge on any atom is -0.494 e. The van der Waals surface area contributed by atoms with Gasteiger partial charge in [-0.3, -0.25) is 0 Å². The van der Waals surface area contributed by atoms with E-state index in [1.165, 1.54) is 11.8 Å². The number of aryl methyl sites for hydroxylation is 1. The van der Waals surface area contributed by atoms with E-state index in [0.29, 0.717) is 29.0 Å². The summed E-state index contributed by atoms with van der Waals surface area (Å²) in [6.07, 6.45) is 4.93. The SMILES string of the molecule is CCC1CCn2c(c(-c3ccnc(Nc4cc(N)c(N(C)CCN(C)C)cc4OC)n3)c3cc(F)ccc32)C1. The van der Waals surface area contributed by atoms with Gasteiger partial charge in [-0.1, -0.05) is 13.3 Å². The first-order valence-corrected chi connectivity index (χ1v) is 13.5. The monoisotopic (exact) mass is 531 g/mol. The summed E-state index contributed by atoms with van der Waals surface area (Å²) in [6.45, 7) is 4.89. The number of aromatic nitrogens is 3. The highest BCUT2D eigenvalue weighted by atomic mass is 19.1. The molecule has 0 spiro atoms. The quantitative estimate of drug-likeness (QED) is 0.274. The Labute approximate surface area is 229 Å². The lowest BCUT2D eigenvalue weighted by atomic mass is 9.91. The summed E-state index contributed by atoms with van der Waals surface area (Å²) < 4.78 is 22.5. The summed E-state index contributed by atoms with van der Waals surface area (Å²) in [5.41, 5.74) is 12.7. The standard InChI is InChI=1S/C30H38FN7O/c1-6-19-10-12-38-25-8-7-20(31)16-21(25)29(27(38)15-19)23-9-11-33-30(34-23)35-24-17-22(32)26(18-28(24)39-5)37(4)14-13-36(2)3/h7-9,11,16-19H,6,10,12-15,32H2,1-5H3,(H,33,34,35). The van der Waals surface area contributed by atoms with Gasteiger partial charge in [0.05, 0.1) is 29.9 Å². The Morgan fingerprint density at radius 3 is 2.72 bits per heavy atom. The van der Waals surface area contributed by atoms with E-state index in [9.17, 15) is 4.39 Å². The first-order chi connectivity index (χ1) is 18.8. The Morgan fingerprint density at radius 2 is 1.97 bits per heavy atom. The maximum atomic E-state index is 14.4. The fraction of sp³-hybridized carbons (Fsp3) is 0.400. The van der Waals surface area contributed by atoms with Crippen LogP contribution in [-0.2, 0) is 13.0 Å². The van der Waals surface area contributed by atoms with Crippen LogP contribution in [0.15, 0.2) is 42.6 Å². The number of hydrogen-bond donors (Lipinski definition) is 2. The molecule has 206 valence electrons. The van der Waals surface area contributed by atoms with Crippen molar-refractivity contribution in [1.82, 2.24) is 19.4 Å². The van der Waals surface area contributed by atoms with Crippen LogP contribution in [0.25, 0.3) is 22.2 Å². The fourth-order valence-corrected chi connectivity index (χ4v) is 5.50. The smallest absolute Gasteiger partial charge is 0.227 e. The lowest BCUT2D eigenvalue weighted by molar-refractivity contribution is 0.385. The maximum absolute atomic E-state index is 14.4. The van der Waals surface area contributed by atoms with Crippen molar-refractivity contribution in [3.8, 4) is 17.0 Å². The van der Waals surface area contributed by atoms with E-state index < -0.39 is 0 Å². The first kappa shape index (κ1) is 26.7. The molecule has 0 radical (unpaired) electrons. The molecular weight excluding hydrogens is 493 g/mol. The Kier molecular flexibility index (Phi) is 7.61. The van der Waals surface area contributed by atoms with Crippen molar-refractivity contribution >= 4 is 33.9 Å². The number of nitrogens with zero attached hydrogens (tertiary/aromatic N) is 5. The highest BCUT2D eigenvalue weighted by molar-refractivity contribution is 5.97. The Bertz CT molecular complexity index is 1480. The van der Waals surface area contributed by atoms with Gasteiger partial charge in [0.15, 0.2) is 0 Å². The molecule has 4 aromatic rings. The molecular formula is C30H38FN7O. The molecule has 1 aliphatic heterocycles. The zero-order valence-corrected chi connectivity index (χ0v) is 23.5. The third-order valence-electron chi connectivity index (χ3n) is 7.75. The van der Waals surface area contributed by atoms with E-state index in [1.54, 1.807) is 19.4 Å². The van der Waals surface area contributed by atoms with Crippen LogP contribution in [0, 0.1) is 11.7 Å². The number of likely N-dealkylation sites (N-methyl/N-ethyl adjacent to an activating group) is 2. The number of halogens is 1. The van der Waals surface area contributed by atoms with Crippen molar-refractivity contribution in [3.63, 3.8) is 0 Å². The molecule has 0 saturated heterocycles. The van der Waals surface area contributed by atoms with Crippen LogP contribution in [-0.4, -0.2) is 60.8 Å². The van der Waals surface area contributed by atoms with Crippen LogP contribution >= 0.6 is 0 Å². The zero-order valence-electron chi connectivity index (χ0n) is 23.5. The van der Waals surface area contributed by atoms with Crippen LogP contribution in [0.1, 0.15) is 25.5 Å². The summed E-state index contributed by atoms with van der Waals surface area (Å²) in [6, 6.07) is 10.7. The van der Waals surface area contributed by atoms with Crippen molar-refractivity contribution in [3.05, 3.63) is 54.1 Å². The summed E-state index contributed by atoms with van der Waals surface area (Å²) in [5, 5.41) is 4.19. The highest BCUT2D eigenvalue weighted by Crippen LogP contribution is 2.40. The molecule has 0 saturated carbocycles. The van der Waals surface area contributed by atoms with Crippen molar-refractivity contribution in [2.45, 2.75) is 32.7 Å². The van der Waals surface area contributed by atoms with Gasteiger partial charge >= 0.3 is 0 Å². The summed E-state index contributed by atoms with van der Waals surface area (Å²) in [7, 11) is 7.74. The second kappa shape index (κ2) is 11.1. The average molecular weight is 532 g/mol. The average Bonchev–Trinajstić information content (AvgIpc) is 3.24. The van der Waals surface area contributed by atoms with Crippen LogP contribution in [0.2, 0.25) is 0 Å². The van der Waals surface area contributed by atoms with E-state index in [2.05, 4.69) is 31.6 Å². The van der Waals surface area contributed by atoms with Crippen molar-refractivity contribution < 1.29 is 9.13 Å². The van der Waals surface area contributed by atoms with Gasteiger partial charge in [-0.15, -0.1) is 0 Å². The highest BCUT2D eigenvalue weighted by Gasteiger charge is 2.26. The van der Waals surface area contributed by atoms with Gasteiger partial charge < -0.3 is 30.2 Å². The largest absolute Gasteiger partial charge is 0.494 e. The van der Waals surface area contributed by atoms with Crippen molar-refractivity contribution in [1.29, 1.82) is 0 Å². The molecule has 3 heterocycles. The number of benzene rings is 2. The van der Waals surface area contributed by atoms with Gasteiger partial charge in [-0.05, 0) is 63.2 Å². The second-order valence-corrected chi connectivity index (χ2v) is 10.6. The first-order valence-electron chi connectivity index (χ1n) is 13.5. The zero-order chi connectivity index (χ0) is 27.7. The molecule has 3 N–H and O–H groups in total. The number of nitrogen functional groups attached to an aromatic ring is 1. The van der Waals surface area contributed by atoms with Gasteiger partial charge in [-0.2, -0.15) is 0 Å². The predicted octanol–water partition coefficient (Wildman–Crippen LogP) is 5.54. The fourth-order valence-electron chi connectivity index (χ4n) is 5.50. The Balaban J connectivity index is 1.51. The number of fused-ring (bicyclic) bond motifs is 3. The molecule has 8 nitrogen and oxygen atoms in total. The molecule has 9 heteroatoms. The third-order valence-corrected chi connectivity index (χ3v) is 7.75. The molecule has 39 heavy (non-hydrogen) atoms. The topological polar surface area (TPSA) is 84.5 Å². The van der Waals surface area contributed by atoms with Crippen LogP contribution in [0.5, 0.6) is 5.75 Å². The van der Waals surface area contributed by atoms with Crippen LogP contribution in [0.3, 0.4) is 0 Å². The van der Waals surface area contributed by atoms with Gasteiger partial charge in [0.25, 0.3) is 0 Å². The minimum atomic E-state index is -0.248. The predicted molar refractivity (Wildman–Crippen MR) is 158 cm³/mol. The number of anilines is 4. The van der Waals surface area contributed by atoms with Crippen LogP contribution < -0.4 is 20.7 Å². The van der Waals surface area contributed by atoms with Gasteiger partial charge in [0, 0.05) is 61.1 Å². The molecule has 0 amide bonds. The molecule has 5 rings (SSSR count). The number of nitrogens with one attached hydrogen (secondary N) is 1. The van der Waals surface area contributed by atoms with Gasteiger partial charge in [0.1, 0.15) is 11.6 Å². The number of hydrogen-bond acceptors (Lipinski definition) is 7. The third kappa shape index (κ3) is 5.36. The number of ether oxygens (including phenoxy) is 1. The molecule has 1 atom stereocenters. The number of rotatable bonds is 9. The van der Waals surface area contributed by atoms with Crippen molar-refractivity contribution in [2.24, 2.45) is 5.92 Å². The summed E-state index contributed by atoms with van der Waals surface area (Å²) in [5.74, 6) is 1.42. The Morgan fingerprint density at radius 1 is 1.15 bits per heavy atom. The molecule has 2 aromatic heterocycles. The summed E-state index contributed by atoms with van der Waals surface area (Å²) >= 11 is 0. The van der Waals surface area contributed by atoms with E-state index in [0.717, 1.165) is 66.7 Å². The van der Waals surface area contributed by atoms with E-state index in [4.69, 9.17) is 15.5 Å². The van der Waals surface area contributed by atoms with Gasteiger partial charge in [-0.25, -0.2) is 14.4 Å². The van der Waals surface area contributed by atoms with Crippen LogP contribution in [0.4, 0.5) is 27.4 Å². The normalized spacial score (nSPS) is 15.0. The molecule has 1 unspecified atom stereocenters. The summed E-state index contributed by atoms with van der Waals surface area (Å²) in [4.78, 5) is 13.6. The van der Waals surface area contributed by atoms with E-state index >= 15 is 0 Å². The molecule has 2 aromatic carbocycles. The Hall–Kier alpha value is -3.85. The maximum Gasteiger partial charge on any atom is 0.227 e. The van der Waals surface area contributed by atoms with E-state index in [1.807, 2.05) is 45.4 Å². The molecule has 0 fully saturated rings. The molecule has 0 aliphatic carbocycles. The minimum absolute atomic E-state index is 0.248. The lowest BCUT2D eigenvalue weighted by Gasteiger charge is -2.25. The van der Waals surface area contributed by atoms with Crippen molar-refractivity contribution in [2.75, 3.05) is 57.3 Å². The molecule has 0 bridgehead atoms. The number of methoxy groups -OCH3 is 1.